The molecule has 3 rings (SSSR count). The van der Waals surface area contributed by atoms with Crippen LogP contribution in [0.15, 0.2) is 36.4 Å². The monoisotopic (exact) mass is 448 g/mol. The van der Waals surface area contributed by atoms with Crippen molar-refractivity contribution >= 4 is 33.2 Å². The summed E-state index contributed by atoms with van der Waals surface area (Å²) in [5.74, 6) is -0.334. The number of benzene rings is 2. The molecule has 162 valence electrons. The molecule has 0 fully saturated rings. The molecule has 2 aromatic carbocycles. The van der Waals surface area contributed by atoms with E-state index in [1.165, 1.54) is 24.0 Å². The van der Waals surface area contributed by atoms with Gasteiger partial charge in [0.2, 0.25) is 15.9 Å². The first-order valence-electron chi connectivity index (χ1n) is 10.3. The third kappa shape index (κ3) is 5.35. The van der Waals surface area contributed by atoms with Crippen LogP contribution >= 0.6 is 11.6 Å². The molecule has 1 atom stereocenters. The molecule has 0 heterocycles. The lowest BCUT2D eigenvalue weighted by Crippen LogP contribution is -2.41. The maximum Gasteiger partial charge on any atom is 0.241 e. The largest absolute Gasteiger partial charge is 0.348 e. The van der Waals surface area contributed by atoms with E-state index in [2.05, 4.69) is 23.5 Å². The van der Waals surface area contributed by atoms with Crippen LogP contribution in [0.1, 0.15) is 54.5 Å². The van der Waals surface area contributed by atoms with Gasteiger partial charge in [0, 0.05) is 5.02 Å². The molecule has 0 bridgehead atoms. The van der Waals surface area contributed by atoms with Gasteiger partial charge in [-0.1, -0.05) is 36.7 Å². The van der Waals surface area contributed by atoms with E-state index in [0.29, 0.717) is 16.3 Å². The molecule has 0 aromatic heterocycles. The molecular weight excluding hydrogens is 420 g/mol. The molecule has 0 spiro atoms. The molecule has 0 saturated heterocycles. The number of hydrogen-bond donors (Lipinski definition) is 1. The molecule has 0 radical (unpaired) electrons. The van der Waals surface area contributed by atoms with E-state index in [1.807, 2.05) is 6.92 Å². The number of nitrogens with zero attached hydrogens (tertiary/aromatic N) is 1. The number of nitrogens with one attached hydrogen (secondary N) is 1. The lowest BCUT2D eigenvalue weighted by molar-refractivity contribution is -0.120. The van der Waals surface area contributed by atoms with Gasteiger partial charge in [0.1, 0.15) is 6.54 Å². The number of halogens is 1. The van der Waals surface area contributed by atoms with Crippen LogP contribution in [0.25, 0.3) is 0 Å². The number of carbonyl (C=O) groups excluding carboxylic acids is 1. The van der Waals surface area contributed by atoms with Crippen LogP contribution < -0.4 is 9.62 Å². The average Bonchev–Trinajstić information content (AvgIpc) is 2.69. The zero-order chi connectivity index (χ0) is 21.9. The minimum Gasteiger partial charge on any atom is -0.348 e. The number of aryl methyl sites for hydroxylation is 3. The van der Waals surface area contributed by atoms with Crippen molar-refractivity contribution < 1.29 is 13.2 Å². The molecule has 5 nitrogen and oxygen atoms in total. The maximum absolute atomic E-state index is 12.8. The fourth-order valence-electron chi connectivity index (χ4n) is 4.04. The normalized spacial score (nSPS) is 14.7. The summed E-state index contributed by atoms with van der Waals surface area (Å²) < 4.78 is 25.9. The van der Waals surface area contributed by atoms with Crippen molar-refractivity contribution in [3.63, 3.8) is 0 Å². The van der Waals surface area contributed by atoms with Gasteiger partial charge in [0.15, 0.2) is 0 Å². The fourth-order valence-corrected chi connectivity index (χ4v) is 5.18. The molecule has 7 heteroatoms. The predicted molar refractivity (Wildman–Crippen MR) is 123 cm³/mol. The molecule has 1 unspecified atom stereocenters. The van der Waals surface area contributed by atoms with E-state index in [-0.39, 0.29) is 18.5 Å². The number of hydrogen-bond acceptors (Lipinski definition) is 3. The first-order valence-corrected chi connectivity index (χ1v) is 12.6. The van der Waals surface area contributed by atoms with Crippen molar-refractivity contribution in [1.82, 2.24) is 5.32 Å². The van der Waals surface area contributed by atoms with Crippen molar-refractivity contribution in [2.75, 3.05) is 17.1 Å². The van der Waals surface area contributed by atoms with Crippen LogP contribution in [0.2, 0.25) is 5.02 Å². The van der Waals surface area contributed by atoms with Crippen LogP contribution in [-0.2, 0) is 27.7 Å². The molecule has 1 amide bonds. The zero-order valence-corrected chi connectivity index (χ0v) is 19.3. The zero-order valence-electron chi connectivity index (χ0n) is 17.7. The number of carbonyl (C=O) groups is 1. The SMILES string of the molecule is CCC(NC(=O)CN(c1ccc(Cl)cc1C)S(C)(=O)=O)c1ccc2c(c1)CCCC2. The molecule has 0 saturated carbocycles. The average molecular weight is 449 g/mol. The second kappa shape index (κ2) is 9.40. The predicted octanol–water partition coefficient (Wildman–Crippen LogP) is 4.56. The van der Waals surface area contributed by atoms with Crippen LogP contribution in [0.5, 0.6) is 0 Å². The highest BCUT2D eigenvalue weighted by molar-refractivity contribution is 7.92. The topological polar surface area (TPSA) is 66.5 Å². The smallest absolute Gasteiger partial charge is 0.241 e. The van der Waals surface area contributed by atoms with Crippen molar-refractivity contribution in [1.29, 1.82) is 0 Å². The summed E-state index contributed by atoms with van der Waals surface area (Å²) in [6, 6.07) is 11.2. The Balaban J connectivity index is 1.78. The van der Waals surface area contributed by atoms with Gasteiger partial charge >= 0.3 is 0 Å². The third-order valence-electron chi connectivity index (χ3n) is 5.63. The third-order valence-corrected chi connectivity index (χ3v) is 7.00. The highest BCUT2D eigenvalue weighted by atomic mass is 35.5. The minimum atomic E-state index is -3.64. The van der Waals surface area contributed by atoms with Gasteiger partial charge in [-0.3, -0.25) is 9.10 Å². The van der Waals surface area contributed by atoms with Crippen LogP contribution in [0, 0.1) is 6.92 Å². The second-order valence-corrected chi connectivity index (χ2v) is 10.3. The van der Waals surface area contributed by atoms with Gasteiger partial charge in [-0.25, -0.2) is 8.42 Å². The van der Waals surface area contributed by atoms with Gasteiger partial charge in [0.05, 0.1) is 18.0 Å². The summed E-state index contributed by atoms with van der Waals surface area (Å²) >= 11 is 6.00. The van der Waals surface area contributed by atoms with Crippen molar-refractivity contribution in [3.8, 4) is 0 Å². The Morgan fingerprint density at radius 1 is 1.13 bits per heavy atom. The number of rotatable bonds is 7. The standard InChI is InChI=1S/C23H29ClN2O3S/c1-4-21(19-10-9-17-7-5-6-8-18(17)14-19)25-23(27)15-26(30(3,28)29)22-12-11-20(24)13-16(22)2/h9-14,21H,4-8,15H2,1-3H3,(H,25,27). The molecule has 0 aliphatic heterocycles. The lowest BCUT2D eigenvalue weighted by Gasteiger charge is -2.26. The van der Waals surface area contributed by atoms with Gasteiger partial charge in [-0.05, 0) is 79.5 Å². The van der Waals surface area contributed by atoms with Crippen molar-refractivity contribution in [2.45, 2.75) is 52.0 Å². The maximum atomic E-state index is 12.8. The number of anilines is 1. The first kappa shape index (κ1) is 22.6. The summed E-state index contributed by atoms with van der Waals surface area (Å²) in [6.45, 7) is 3.52. The quantitative estimate of drug-likeness (QED) is 0.675. The summed E-state index contributed by atoms with van der Waals surface area (Å²) in [5.41, 5.74) is 4.98. The van der Waals surface area contributed by atoms with Gasteiger partial charge < -0.3 is 5.32 Å². The Labute approximate surface area is 184 Å². The van der Waals surface area contributed by atoms with Crippen LogP contribution in [-0.4, -0.2) is 27.1 Å². The van der Waals surface area contributed by atoms with Gasteiger partial charge in [-0.2, -0.15) is 0 Å². The fraction of sp³-hybridized carbons (Fsp3) is 0.435. The number of sulfonamides is 1. The van der Waals surface area contributed by atoms with Gasteiger partial charge in [-0.15, -0.1) is 0 Å². The van der Waals surface area contributed by atoms with Gasteiger partial charge in [0.25, 0.3) is 0 Å². The molecule has 1 aliphatic carbocycles. The van der Waals surface area contributed by atoms with E-state index in [0.717, 1.165) is 35.4 Å². The number of fused-ring (bicyclic) bond motifs is 1. The van der Waals surface area contributed by atoms with E-state index in [4.69, 9.17) is 11.6 Å². The molecule has 30 heavy (non-hydrogen) atoms. The van der Waals surface area contributed by atoms with Crippen LogP contribution in [0.3, 0.4) is 0 Å². The van der Waals surface area contributed by atoms with E-state index in [9.17, 15) is 13.2 Å². The Bertz CT molecular complexity index is 1040. The number of amides is 1. The molecule has 1 N–H and O–H groups in total. The van der Waals surface area contributed by atoms with E-state index < -0.39 is 10.0 Å². The first-order chi connectivity index (χ1) is 14.2. The molecular formula is C23H29ClN2O3S. The minimum absolute atomic E-state index is 0.155. The summed E-state index contributed by atoms with van der Waals surface area (Å²) in [5, 5.41) is 3.54. The van der Waals surface area contributed by atoms with Crippen molar-refractivity contribution in [3.05, 3.63) is 63.7 Å². The van der Waals surface area contributed by atoms with Crippen LogP contribution in [0.4, 0.5) is 5.69 Å². The lowest BCUT2D eigenvalue weighted by atomic mass is 9.89. The Morgan fingerprint density at radius 2 is 1.83 bits per heavy atom. The Hall–Kier alpha value is -2.05. The Kier molecular flexibility index (Phi) is 7.09. The molecule has 2 aromatic rings. The molecule has 1 aliphatic rings. The summed E-state index contributed by atoms with van der Waals surface area (Å²) in [6.07, 6.45) is 6.45. The van der Waals surface area contributed by atoms with E-state index >= 15 is 0 Å². The highest BCUT2D eigenvalue weighted by Crippen LogP contribution is 2.27. The summed E-state index contributed by atoms with van der Waals surface area (Å²) in [7, 11) is -3.64. The summed E-state index contributed by atoms with van der Waals surface area (Å²) in [4.78, 5) is 12.8. The second-order valence-electron chi connectivity index (χ2n) is 7.96. The van der Waals surface area contributed by atoms with E-state index in [1.54, 1.807) is 25.1 Å². The van der Waals surface area contributed by atoms with Crippen molar-refractivity contribution in [2.24, 2.45) is 0 Å². The Morgan fingerprint density at radius 3 is 2.47 bits per heavy atom. The highest BCUT2D eigenvalue weighted by Gasteiger charge is 2.24.